The molecule has 0 unspecified atom stereocenters. The summed E-state index contributed by atoms with van der Waals surface area (Å²) >= 11 is 0. The van der Waals surface area contributed by atoms with Gasteiger partial charge in [-0.25, -0.2) is 0 Å². The van der Waals surface area contributed by atoms with E-state index in [1.165, 1.54) is 12.8 Å². The van der Waals surface area contributed by atoms with Crippen LogP contribution in [0.1, 0.15) is 58.6 Å². The third-order valence-corrected chi connectivity index (χ3v) is 9.06. The summed E-state index contributed by atoms with van der Waals surface area (Å²) < 4.78 is 5.56. The lowest BCUT2D eigenvalue weighted by atomic mass is 9.99. The number of aryl methyl sites for hydroxylation is 1. The number of allylic oxidation sites excluding steroid dienone is 1. The Bertz CT molecular complexity index is 1640. The zero-order valence-corrected chi connectivity index (χ0v) is 23.2. The number of nitrogens with one attached hydrogen (secondary N) is 2. The molecule has 3 N–H and O–H groups in total. The zero-order valence-electron chi connectivity index (χ0n) is 23.2. The molecule has 0 saturated carbocycles. The molecule has 1 aliphatic carbocycles. The number of methoxy groups -OCH3 is 1. The Kier molecular flexibility index (Phi) is 6.19. The number of likely N-dealkylation sites (tertiary alicyclic amines) is 2. The summed E-state index contributed by atoms with van der Waals surface area (Å²) in [5, 5.41) is 12.0. The van der Waals surface area contributed by atoms with Crippen LogP contribution in [0.2, 0.25) is 0 Å². The SMILES string of the molecule is COc1ccccc1-c1ccc2c(C3=CCc4c3[nH]c(C)c4C(=O)N3CCC[C@H]3CN3CCCC3)c(O)[nH]c2c1. The van der Waals surface area contributed by atoms with Gasteiger partial charge in [-0.05, 0) is 75.4 Å². The fourth-order valence-electron chi connectivity index (χ4n) is 7.14. The Balaban J connectivity index is 1.21. The molecule has 2 aromatic heterocycles. The molecule has 4 aromatic rings. The topological polar surface area (TPSA) is 84.6 Å². The second-order valence-corrected chi connectivity index (χ2v) is 11.4. The van der Waals surface area contributed by atoms with Crippen molar-refractivity contribution in [2.45, 2.75) is 45.1 Å². The van der Waals surface area contributed by atoms with Gasteiger partial charge >= 0.3 is 0 Å². The fraction of sp³-hybridized carbons (Fsp3) is 0.364. The van der Waals surface area contributed by atoms with Gasteiger partial charge in [0, 0.05) is 46.9 Å². The summed E-state index contributed by atoms with van der Waals surface area (Å²) in [7, 11) is 1.68. The van der Waals surface area contributed by atoms with Crippen molar-refractivity contribution in [1.29, 1.82) is 0 Å². The molecule has 4 heterocycles. The van der Waals surface area contributed by atoms with Gasteiger partial charge < -0.3 is 29.6 Å². The van der Waals surface area contributed by atoms with Crippen LogP contribution in [0.5, 0.6) is 11.6 Å². The lowest BCUT2D eigenvalue weighted by Gasteiger charge is -2.29. The van der Waals surface area contributed by atoms with Crippen molar-refractivity contribution in [3.8, 4) is 22.8 Å². The highest BCUT2D eigenvalue weighted by Crippen LogP contribution is 2.44. The van der Waals surface area contributed by atoms with E-state index in [9.17, 15) is 9.90 Å². The van der Waals surface area contributed by atoms with Gasteiger partial charge in [0.15, 0.2) is 5.88 Å². The molecular formula is C33H36N4O3. The van der Waals surface area contributed by atoms with Crippen LogP contribution in [0.25, 0.3) is 27.6 Å². The smallest absolute Gasteiger partial charge is 0.256 e. The van der Waals surface area contributed by atoms with Gasteiger partial charge in [-0.15, -0.1) is 0 Å². The van der Waals surface area contributed by atoms with Gasteiger partial charge in [-0.2, -0.15) is 0 Å². The van der Waals surface area contributed by atoms with Crippen molar-refractivity contribution in [2.75, 3.05) is 33.3 Å². The Labute approximate surface area is 234 Å². The third kappa shape index (κ3) is 4.03. The summed E-state index contributed by atoms with van der Waals surface area (Å²) in [4.78, 5) is 25.3. The van der Waals surface area contributed by atoms with Crippen molar-refractivity contribution < 1.29 is 14.6 Å². The van der Waals surface area contributed by atoms with E-state index in [2.05, 4.69) is 44.0 Å². The molecule has 0 spiro atoms. The van der Waals surface area contributed by atoms with E-state index in [1.54, 1.807) is 7.11 Å². The maximum Gasteiger partial charge on any atom is 0.256 e. The first-order chi connectivity index (χ1) is 19.5. The van der Waals surface area contributed by atoms with E-state index < -0.39 is 0 Å². The number of aromatic nitrogens is 2. The molecule has 7 heteroatoms. The minimum atomic E-state index is 0.136. The molecule has 7 nitrogen and oxygen atoms in total. The molecule has 206 valence electrons. The first-order valence-corrected chi connectivity index (χ1v) is 14.5. The largest absolute Gasteiger partial charge is 0.496 e. The summed E-state index contributed by atoms with van der Waals surface area (Å²) in [5.41, 5.74) is 8.29. The third-order valence-electron chi connectivity index (χ3n) is 9.06. The maximum atomic E-state index is 14.0. The molecule has 7 rings (SSSR count). The zero-order chi connectivity index (χ0) is 27.4. The standard InChI is InChI=1S/C33H36N4O3/c1-20-29(33(39)37-17-7-8-22(37)19-36-15-5-6-16-36)25-13-14-26(31(25)34-20)30-24-12-11-21(18-27(24)35-32(30)38)23-9-3-4-10-28(23)40-2/h3-4,9-12,14,18,22,34-35,38H,5-8,13,15-17,19H2,1-2H3/t22-/m0/s1. The molecule has 2 aromatic carbocycles. The van der Waals surface area contributed by atoms with Gasteiger partial charge in [-0.1, -0.05) is 36.4 Å². The number of aromatic amines is 2. The Morgan fingerprint density at radius 1 is 1.07 bits per heavy atom. The number of fused-ring (bicyclic) bond motifs is 2. The number of H-pyrrole nitrogens is 2. The van der Waals surface area contributed by atoms with Crippen LogP contribution in [0.3, 0.4) is 0 Å². The minimum absolute atomic E-state index is 0.136. The molecule has 1 amide bonds. The molecular weight excluding hydrogens is 500 g/mol. The first kappa shape index (κ1) is 25.0. The van der Waals surface area contributed by atoms with Crippen LogP contribution >= 0.6 is 0 Å². The number of rotatable bonds is 6. The van der Waals surface area contributed by atoms with Crippen molar-refractivity contribution in [3.05, 3.63) is 76.6 Å². The van der Waals surface area contributed by atoms with Crippen LogP contribution in [0, 0.1) is 6.92 Å². The normalized spacial score (nSPS) is 19.0. The Hall–Kier alpha value is -3.97. The van der Waals surface area contributed by atoms with Crippen molar-refractivity contribution in [1.82, 2.24) is 19.8 Å². The lowest BCUT2D eigenvalue weighted by molar-refractivity contribution is 0.0707. The number of amides is 1. The van der Waals surface area contributed by atoms with E-state index in [-0.39, 0.29) is 11.8 Å². The quantitative estimate of drug-likeness (QED) is 0.288. The second-order valence-electron chi connectivity index (χ2n) is 11.4. The van der Waals surface area contributed by atoms with Gasteiger partial charge in [0.25, 0.3) is 5.91 Å². The summed E-state index contributed by atoms with van der Waals surface area (Å²) in [6, 6.07) is 14.4. The summed E-state index contributed by atoms with van der Waals surface area (Å²) in [6.45, 7) is 6.12. The molecule has 1 atom stereocenters. The van der Waals surface area contributed by atoms with Crippen LogP contribution < -0.4 is 4.74 Å². The van der Waals surface area contributed by atoms with E-state index >= 15 is 0 Å². The second kappa shape index (κ2) is 9.89. The number of benzene rings is 2. The number of hydrogen-bond donors (Lipinski definition) is 3. The van der Waals surface area contributed by atoms with Crippen LogP contribution in [-0.4, -0.2) is 70.1 Å². The first-order valence-electron chi connectivity index (χ1n) is 14.5. The molecule has 2 fully saturated rings. The number of carbonyl (C=O) groups excluding carboxylic acids is 1. The Morgan fingerprint density at radius 3 is 2.73 bits per heavy atom. The van der Waals surface area contributed by atoms with E-state index in [0.717, 1.165) is 100 Å². The van der Waals surface area contributed by atoms with E-state index in [4.69, 9.17) is 4.74 Å². The average Bonchev–Trinajstić information content (AvgIpc) is 3.78. The van der Waals surface area contributed by atoms with Gasteiger partial charge in [0.2, 0.25) is 0 Å². The highest BCUT2D eigenvalue weighted by Gasteiger charge is 2.36. The van der Waals surface area contributed by atoms with Crippen LogP contribution in [-0.2, 0) is 6.42 Å². The van der Waals surface area contributed by atoms with Crippen LogP contribution in [0.4, 0.5) is 0 Å². The molecule has 0 bridgehead atoms. The van der Waals surface area contributed by atoms with Crippen molar-refractivity contribution in [3.63, 3.8) is 0 Å². The van der Waals surface area contributed by atoms with Gasteiger partial charge in [0.1, 0.15) is 5.75 Å². The predicted molar refractivity (Wildman–Crippen MR) is 158 cm³/mol. The maximum absolute atomic E-state index is 14.0. The van der Waals surface area contributed by atoms with Gasteiger partial charge in [-0.3, -0.25) is 4.79 Å². The van der Waals surface area contributed by atoms with Gasteiger partial charge in [0.05, 0.1) is 23.9 Å². The summed E-state index contributed by atoms with van der Waals surface area (Å²) in [6.07, 6.45) is 7.49. The van der Waals surface area contributed by atoms with E-state index in [0.29, 0.717) is 12.5 Å². The number of ether oxygens (including phenoxy) is 1. The molecule has 3 aliphatic rings. The van der Waals surface area contributed by atoms with E-state index in [1.807, 2.05) is 31.2 Å². The fourth-order valence-corrected chi connectivity index (χ4v) is 7.14. The number of hydrogen-bond acceptors (Lipinski definition) is 4. The number of aromatic hydroxyl groups is 1. The molecule has 0 radical (unpaired) electrons. The number of nitrogens with zero attached hydrogens (tertiary/aromatic N) is 2. The van der Waals surface area contributed by atoms with Crippen molar-refractivity contribution in [2.24, 2.45) is 0 Å². The summed E-state index contributed by atoms with van der Waals surface area (Å²) in [5.74, 6) is 1.09. The highest BCUT2D eigenvalue weighted by atomic mass is 16.5. The molecule has 2 aliphatic heterocycles. The minimum Gasteiger partial charge on any atom is -0.496 e. The average molecular weight is 537 g/mol. The van der Waals surface area contributed by atoms with Crippen molar-refractivity contribution >= 4 is 22.4 Å². The molecule has 40 heavy (non-hydrogen) atoms. The number of para-hydroxylation sites is 1. The lowest BCUT2D eigenvalue weighted by Crippen LogP contribution is -2.42. The highest BCUT2D eigenvalue weighted by molar-refractivity contribution is 6.05. The molecule has 2 saturated heterocycles. The number of carbonyl (C=O) groups is 1. The Morgan fingerprint density at radius 2 is 1.90 bits per heavy atom. The monoisotopic (exact) mass is 536 g/mol. The predicted octanol–water partition coefficient (Wildman–Crippen LogP) is 5.87. The van der Waals surface area contributed by atoms with Crippen LogP contribution in [0.15, 0.2) is 48.5 Å².